The Labute approximate surface area is 103 Å². The van der Waals surface area contributed by atoms with E-state index in [1.165, 1.54) is 32.2 Å². The van der Waals surface area contributed by atoms with Gasteiger partial charge in [-0.3, -0.25) is 0 Å². The summed E-state index contributed by atoms with van der Waals surface area (Å²) in [5.74, 6) is 1.52. The smallest absolute Gasteiger partial charge is 0.00915 e. The predicted octanol–water partition coefficient (Wildman–Crippen LogP) is 4.02. The Hall–Kier alpha value is -0.340. The monoisotopic (exact) mass is 237 g/mol. The van der Waals surface area contributed by atoms with Crippen LogP contribution >= 0.6 is 11.3 Å². The molecule has 0 spiro atoms. The highest BCUT2D eigenvalue weighted by Crippen LogP contribution is 2.31. The largest absolute Gasteiger partial charge is 0.313 e. The summed E-state index contributed by atoms with van der Waals surface area (Å²) >= 11 is 1.92. The lowest BCUT2D eigenvalue weighted by Crippen LogP contribution is -2.26. The number of rotatable bonds is 7. The van der Waals surface area contributed by atoms with Gasteiger partial charge >= 0.3 is 0 Å². The zero-order valence-electron chi connectivity index (χ0n) is 10.4. The fraction of sp³-hybridized carbons (Fsp3) is 0.714. The van der Waals surface area contributed by atoms with Crippen molar-refractivity contribution in [3.8, 4) is 0 Å². The summed E-state index contributed by atoms with van der Waals surface area (Å²) in [5, 5.41) is 5.90. The molecule has 0 aromatic carbocycles. The molecule has 1 aromatic rings. The van der Waals surface area contributed by atoms with E-state index in [0.29, 0.717) is 0 Å². The van der Waals surface area contributed by atoms with Gasteiger partial charge in [0.2, 0.25) is 0 Å². The molecule has 1 nitrogen and oxygen atoms in total. The van der Waals surface area contributed by atoms with E-state index in [4.69, 9.17) is 0 Å². The summed E-state index contributed by atoms with van der Waals surface area (Å²) in [7, 11) is 0. The van der Waals surface area contributed by atoms with E-state index in [1.807, 2.05) is 11.3 Å². The van der Waals surface area contributed by atoms with Crippen LogP contribution in [0.2, 0.25) is 0 Å². The molecule has 2 atom stereocenters. The van der Waals surface area contributed by atoms with Gasteiger partial charge < -0.3 is 5.32 Å². The first-order valence-corrected chi connectivity index (χ1v) is 7.46. The van der Waals surface area contributed by atoms with Crippen LogP contribution < -0.4 is 5.32 Å². The first-order chi connectivity index (χ1) is 7.81. The molecule has 1 saturated carbocycles. The number of nitrogens with one attached hydrogen (secondary N) is 1. The molecule has 0 saturated heterocycles. The van der Waals surface area contributed by atoms with Gasteiger partial charge in [-0.15, -0.1) is 11.3 Å². The predicted molar refractivity (Wildman–Crippen MR) is 72.2 cm³/mol. The van der Waals surface area contributed by atoms with Crippen LogP contribution in [0.3, 0.4) is 0 Å². The van der Waals surface area contributed by atoms with Crippen molar-refractivity contribution >= 4 is 11.3 Å². The Morgan fingerprint density at radius 2 is 2.31 bits per heavy atom. The minimum absolute atomic E-state index is 0.723. The number of hydrogen-bond donors (Lipinski definition) is 1. The van der Waals surface area contributed by atoms with Crippen LogP contribution in [0.4, 0.5) is 0 Å². The lowest BCUT2D eigenvalue weighted by Gasteiger charge is -2.23. The summed E-state index contributed by atoms with van der Waals surface area (Å²) in [5.41, 5.74) is 0. The van der Waals surface area contributed by atoms with Crippen molar-refractivity contribution in [1.82, 2.24) is 5.32 Å². The highest BCUT2D eigenvalue weighted by Gasteiger charge is 2.25. The highest BCUT2D eigenvalue weighted by atomic mass is 32.1. The minimum Gasteiger partial charge on any atom is -0.313 e. The molecule has 1 aliphatic carbocycles. The average molecular weight is 237 g/mol. The Bertz CT molecular complexity index is 290. The minimum atomic E-state index is 0.723. The van der Waals surface area contributed by atoms with Crippen LogP contribution in [0.25, 0.3) is 0 Å². The zero-order valence-corrected chi connectivity index (χ0v) is 11.2. The summed E-state index contributed by atoms with van der Waals surface area (Å²) in [4.78, 5) is 1.56. The molecule has 2 unspecified atom stereocenters. The van der Waals surface area contributed by atoms with Crippen LogP contribution in [0.15, 0.2) is 17.5 Å². The summed E-state index contributed by atoms with van der Waals surface area (Å²) in [6, 6.07) is 5.31. The first kappa shape index (κ1) is 12.1. The van der Waals surface area contributed by atoms with E-state index in [0.717, 1.165) is 17.9 Å². The fourth-order valence-electron chi connectivity index (χ4n) is 2.32. The second kappa shape index (κ2) is 5.83. The van der Waals surface area contributed by atoms with Crippen LogP contribution in [0, 0.1) is 5.92 Å². The Balaban J connectivity index is 1.93. The van der Waals surface area contributed by atoms with Gasteiger partial charge in [0, 0.05) is 23.4 Å². The molecule has 1 aromatic heterocycles. The molecule has 0 bridgehead atoms. The normalized spacial score (nSPS) is 19.6. The quantitative estimate of drug-likeness (QED) is 0.755. The lowest BCUT2D eigenvalue weighted by atomic mass is 9.89. The van der Waals surface area contributed by atoms with Crippen molar-refractivity contribution in [1.29, 1.82) is 0 Å². The van der Waals surface area contributed by atoms with E-state index < -0.39 is 0 Å². The molecule has 1 N–H and O–H groups in total. The number of thiophene rings is 1. The highest BCUT2D eigenvalue weighted by molar-refractivity contribution is 7.10. The third-order valence-electron chi connectivity index (χ3n) is 3.54. The van der Waals surface area contributed by atoms with E-state index in [1.54, 1.807) is 4.88 Å². The Kier molecular flexibility index (Phi) is 4.42. The second-order valence-electron chi connectivity index (χ2n) is 5.07. The van der Waals surface area contributed by atoms with Crippen LogP contribution in [0.1, 0.15) is 50.3 Å². The molecule has 0 amide bonds. The first-order valence-electron chi connectivity index (χ1n) is 6.58. The molecule has 1 aliphatic rings. The van der Waals surface area contributed by atoms with Gasteiger partial charge in [0.05, 0.1) is 0 Å². The van der Waals surface area contributed by atoms with Crippen LogP contribution in [0.5, 0.6) is 0 Å². The molecule has 1 heterocycles. The molecule has 2 heteroatoms. The lowest BCUT2D eigenvalue weighted by molar-refractivity contribution is 0.407. The van der Waals surface area contributed by atoms with E-state index in [-0.39, 0.29) is 0 Å². The van der Waals surface area contributed by atoms with Crippen molar-refractivity contribution in [2.45, 2.75) is 51.5 Å². The van der Waals surface area contributed by atoms with Crippen LogP contribution in [-0.2, 0) is 0 Å². The SMILES string of the molecule is CCCC(C)C(CNC1CC1)c1cccs1. The summed E-state index contributed by atoms with van der Waals surface area (Å²) in [6.07, 6.45) is 5.42. The maximum Gasteiger partial charge on any atom is 0.00915 e. The van der Waals surface area contributed by atoms with E-state index >= 15 is 0 Å². The molecule has 2 rings (SSSR count). The Morgan fingerprint density at radius 1 is 1.50 bits per heavy atom. The van der Waals surface area contributed by atoms with Gasteiger partial charge in [0.25, 0.3) is 0 Å². The molecule has 90 valence electrons. The van der Waals surface area contributed by atoms with Gasteiger partial charge in [-0.2, -0.15) is 0 Å². The average Bonchev–Trinajstić information content (AvgIpc) is 2.93. The molecule has 1 fully saturated rings. The van der Waals surface area contributed by atoms with Gasteiger partial charge in [0.1, 0.15) is 0 Å². The van der Waals surface area contributed by atoms with Crippen molar-refractivity contribution in [3.63, 3.8) is 0 Å². The molecule has 16 heavy (non-hydrogen) atoms. The van der Waals surface area contributed by atoms with Crippen molar-refractivity contribution < 1.29 is 0 Å². The van der Waals surface area contributed by atoms with Gasteiger partial charge in [-0.25, -0.2) is 0 Å². The molecular formula is C14H23NS. The third-order valence-corrected chi connectivity index (χ3v) is 4.55. The maximum atomic E-state index is 3.69. The van der Waals surface area contributed by atoms with Crippen molar-refractivity contribution in [2.24, 2.45) is 5.92 Å². The van der Waals surface area contributed by atoms with Crippen molar-refractivity contribution in [2.75, 3.05) is 6.54 Å². The third kappa shape index (κ3) is 3.33. The molecule has 0 radical (unpaired) electrons. The Morgan fingerprint density at radius 3 is 2.88 bits per heavy atom. The molecular weight excluding hydrogens is 214 g/mol. The van der Waals surface area contributed by atoms with E-state index in [9.17, 15) is 0 Å². The standard InChI is InChI=1S/C14H23NS/c1-3-5-11(2)13(10-15-12-7-8-12)14-6-4-9-16-14/h4,6,9,11-13,15H,3,5,7-8,10H2,1-2H3. The summed E-state index contributed by atoms with van der Waals surface area (Å²) in [6.45, 7) is 5.87. The maximum absolute atomic E-state index is 3.69. The number of hydrogen-bond acceptors (Lipinski definition) is 2. The van der Waals surface area contributed by atoms with Gasteiger partial charge in [-0.1, -0.05) is 32.8 Å². The molecule has 0 aliphatic heterocycles. The van der Waals surface area contributed by atoms with Crippen LogP contribution in [-0.4, -0.2) is 12.6 Å². The van der Waals surface area contributed by atoms with Gasteiger partial charge in [0.15, 0.2) is 0 Å². The zero-order chi connectivity index (χ0) is 11.4. The fourth-order valence-corrected chi connectivity index (χ4v) is 3.28. The van der Waals surface area contributed by atoms with Crippen molar-refractivity contribution in [3.05, 3.63) is 22.4 Å². The topological polar surface area (TPSA) is 12.0 Å². The second-order valence-corrected chi connectivity index (χ2v) is 6.05. The van der Waals surface area contributed by atoms with E-state index in [2.05, 4.69) is 36.7 Å². The van der Waals surface area contributed by atoms with Gasteiger partial charge in [-0.05, 0) is 30.2 Å². The summed E-state index contributed by atoms with van der Waals surface area (Å²) < 4.78 is 0.